The van der Waals surface area contributed by atoms with E-state index in [2.05, 4.69) is 31.5 Å². The van der Waals surface area contributed by atoms with Crippen LogP contribution in [0.1, 0.15) is 23.3 Å². The first-order valence-corrected chi connectivity index (χ1v) is 6.19. The van der Waals surface area contributed by atoms with Crippen molar-refractivity contribution < 1.29 is 4.79 Å². The van der Waals surface area contributed by atoms with Crippen molar-refractivity contribution in [2.75, 3.05) is 13.1 Å². The van der Waals surface area contributed by atoms with Gasteiger partial charge in [0, 0.05) is 23.3 Å². The predicted octanol–water partition coefficient (Wildman–Crippen LogP) is 1.75. The Bertz CT molecular complexity index is 383. The molecule has 1 saturated heterocycles. The lowest BCUT2D eigenvalue weighted by Crippen LogP contribution is -2.45. The van der Waals surface area contributed by atoms with Crippen LogP contribution in [0.3, 0.4) is 0 Å². The molecule has 1 fully saturated rings. The molecule has 2 rings (SSSR count). The number of nitrogens with zero attached hydrogens (tertiary/aromatic N) is 1. The fraction of sp³-hybridized carbons (Fsp3) is 0.455. The minimum atomic E-state index is -0.110. The number of hydrogen-bond acceptors (Lipinski definition) is 3. The molecule has 2 heterocycles. The van der Waals surface area contributed by atoms with Gasteiger partial charge in [-0.1, -0.05) is 0 Å². The minimum Gasteiger partial charge on any atom is -0.347 e. The molecule has 6 heteroatoms. The number of pyridine rings is 1. The molecule has 0 spiro atoms. The largest absolute Gasteiger partial charge is 0.347 e. The van der Waals surface area contributed by atoms with Crippen molar-refractivity contribution >= 4 is 34.2 Å². The maximum Gasteiger partial charge on any atom is 0.271 e. The fourth-order valence-corrected chi connectivity index (χ4v) is 2.22. The van der Waals surface area contributed by atoms with Gasteiger partial charge in [0.2, 0.25) is 0 Å². The van der Waals surface area contributed by atoms with Crippen molar-refractivity contribution in [2.45, 2.75) is 18.9 Å². The van der Waals surface area contributed by atoms with Crippen LogP contribution >= 0.6 is 28.3 Å². The lowest BCUT2D eigenvalue weighted by Gasteiger charge is -2.23. The monoisotopic (exact) mass is 319 g/mol. The molecule has 0 aliphatic carbocycles. The van der Waals surface area contributed by atoms with E-state index >= 15 is 0 Å². The normalized spacial score (nSPS) is 19.2. The second kappa shape index (κ2) is 6.93. The summed E-state index contributed by atoms with van der Waals surface area (Å²) in [7, 11) is 0. The third-order valence-corrected chi connectivity index (χ3v) is 3.25. The predicted molar refractivity (Wildman–Crippen MR) is 72.5 cm³/mol. The number of carbonyl (C=O) groups excluding carboxylic acids is 1. The van der Waals surface area contributed by atoms with Crippen LogP contribution in [0.2, 0.25) is 0 Å². The van der Waals surface area contributed by atoms with E-state index in [1.165, 1.54) is 0 Å². The third kappa shape index (κ3) is 3.94. The number of amides is 1. The van der Waals surface area contributed by atoms with E-state index in [0.29, 0.717) is 5.69 Å². The smallest absolute Gasteiger partial charge is 0.271 e. The summed E-state index contributed by atoms with van der Waals surface area (Å²) in [6, 6.07) is 3.83. The first-order valence-electron chi connectivity index (χ1n) is 5.39. The van der Waals surface area contributed by atoms with Crippen molar-refractivity contribution in [3.05, 3.63) is 28.5 Å². The standard InChI is InChI=1S/C11H14BrN3O.ClH/c12-9-4-2-6-14-10(9)11(16)15-8-3-1-5-13-7-8;/h2,4,6,8,13H,1,3,5,7H2,(H,15,16);1H/t8-;/m0./s1. The van der Waals surface area contributed by atoms with Gasteiger partial charge < -0.3 is 10.6 Å². The molecule has 0 radical (unpaired) electrons. The summed E-state index contributed by atoms with van der Waals surface area (Å²) in [6.45, 7) is 1.88. The van der Waals surface area contributed by atoms with E-state index in [9.17, 15) is 4.79 Å². The van der Waals surface area contributed by atoms with Crippen LogP contribution in [0, 0.1) is 0 Å². The van der Waals surface area contributed by atoms with Gasteiger partial charge in [0.1, 0.15) is 5.69 Å². The highest BCUT2D eigenvalue weighted by Gasteiger charge is 2.18. The molecular weight excluding hydrogens is 305 g/mol. The quantitative estimate of drug-likeness (QED) is 0.873. The first-order chi connectivity index (χ1) is 7.77. The molecule has 1 atom stereocenters. The SMILES string of the molecule is Cl.O=C(N[C@H]1CCCNC1)c1ncccc1Br. The average Bonchev–Trinajstić information content (AvgIpc) is 2.31. The second-order valence-electron chi connectivity index (χ2n) is 3.85. The Balaban J connectivity index is 0.00000144. The highest BCUT2D eigenvalue weighted by Crippen LogP contribution is 2.13. The van der Waals surface area contributed by atoms with Gasteiger partial charge in [-0.2, -0.15) is 0 Å². The summed E-state index contributed by atoms with van der Waals surface area (Å²) >= 11 is 3.32. The molecule has 0 aromatic carbocycles. The van der Waals surface area contributed by atoms with Crippen molar-refractivity contribution in [3.63, 3.8) is 0 Å². The van der Waals surface area contributed by atoms with E-state index in [1.807, 2.05) is 6.07 Å². The van der Waals surface area contributed by atoms with Gasteiger partial charge in [0.25, 0.3) is 5.91 Å². The molecule has 1 aromatic rings. The summed E-state index contributed by atoms with van der Waals surface area (Å²) in [5.74, 6) is -0.110. The zero-order valence-corrected chi connectivity index (χ0v) is 11.7. The van der Waals surface area contributed by atoms with E-state index in [0.717, 1.165) is 30.4 Å². The van der Waals surface area contributed by atoms with Crippen LogP contribution < -0.4 is 10.6 Å². The highest BCUT2D eigenvalue weighted by atomic mass is 79.9. The Morgan fingerprint density at radius 1 is 1.59 bits per heavy atom. The highest BCUT2D eigenvalue weighted by molar-refractivity contribution is 9.10. The van der Waals surface area contributed by atoms with Gasteiger partial charge >= 0.3 is 0 Å². The van der Waals surface area contributed by atoms with Crippen LogP contribution in [0.15, 0.2) is 22.8 Å². The van der Waals surface area contributed by atoms with Gasteiger partial charge in [-0.15, -0.1) is 12.4 Å². The number of halogens is 2. The van der Waals surface area contributed by atoms with Crippen molar-refractivity contribution in [1.29, 1.82) is 0 Å². The second-order valence-corrected chi connectivity index (χ2v) is 4.70. The summed E-state index contributed by atoms with van der Waals surface area (Å²) < 4.78 is 0.733. The zero-order valence-electron chi connectivity index (χ0n) is 9.28. The molecule has 94 valence electrons. The number of piperidine rings is 1. The van der Waals surface area contributed by atoms with Gasteiger partial charge in [-0.05, 0) is 47.4 Å². The van der Waals surface area contributed by atoms with Gasteiger partial charge in [-0.25, -0.2) is 4.98 Å². The number of carbonyl (C=O) groups is 1. The molecule has 1 aliphatic rings. The van der Waals surface area contributed by atoms with Crippen LogP contribution in [0.5, 0.6) is 0 Å². The first kappa shape index (κ1) is 14.4. The molecule has 2 N–H and O–H groups in total. The van der Waals surface area contributed by atoms with Crippen LogP contribution in [-0.4, -0.2) is 30.0 Å². The molecule has 17 heavy (non-hydrogen) atoms. The molecule has 4 nitrogen and oxygen atoms in total. The van der Waals surface area contributed by atoms with E-state index in [1.54, 1.807) is 12.3 Å². The molecular formula is C11H15BrClN3O. The number of hydrogen-bond donors (Lipinski definition) is 2. The minimum absolute atomic E-state index is 0. The number of rotatable bonds is 2. The summed E-state index contributed by atoms with van der Waals surface area (Å²) in [4.78, 5) is 16.0. The molecule has 0 bridgehead atoms. The maximum absolute atomic E-state index is 11.9. The Kier molecular flexibility index (Phi) is 5.88. The van der Waals surface area contributed by atoms with Crippen LogP contribution in [-0.2, 0) is 0 Å². The topological polar surface area (TPSA) is 54.0 Å². The molecule has 0 saturated carbocycles. The van der Waals surface area contributed by atoms with Crippen LogP contribution in [0.4, 0.5) is 0 Å². The molecule has 1 amide bonds. The molecule has 0 unspecified atom stereocenters. The van der Waals surface area contributed by atoms with E-state index < -0.39 is 0 Å². The van der Waals surface area contributed by atoms with E-state index in [-0.39, 0.29) is 24.4 Å². The van der Waals surface area contributed by atoms with Gasteiger partial charge in [0.05, 0.1) is 0 Å². The number of aromatic nitrogens is 1. The Hall–Kier alpha value is -0.650. The Morgan fingerprint density at radius 2 is 2.41 bits per heavy atom. The Labute approximate surface area is 115 Å². The summed E-state index contributed by atoms with van der Waals surface area (Å²) in [5, 5.41) is 6.24. The zero-order chi connectivity index (χ0) is 11.4. The van der Waals surface area contributed by atoms with Crippen molar-refractivity contribution in [1.82, 2.24) is 15.6 Å². The third-order valence-electron chi connectivity index (χ3n) is 2.61. The lowest BCUT2D eigenvalue weighted by molar-refractivity contribution is 0.0925. The summed E-state index contributed by atoms with van der Waals surface area (Å²) in [6.07, 6.45) is 3.76. The average molecular weight is 321 g/mol. The Morgan fingerprint density at radius 3 is 3.06 bits per heavy atom. The van der Waals surface area contributed by atoms with E-state index in [4.69, 9.17) is 0 Å². The van der Waals surface area contributed by atoms with Gasteiger partial charge in [0.15, 0.2) is 0 Å². The van der Waals surface area contributed by atoms with Crippen molar-refractivity contribution in [2.24, 2.45) is 0 Å². The number of nitrogens with one attached hydrogen (secondary N) is 2. The lowest BCUT2D eigenvalue weighted by atomic mass is 10.1. The van der Waals surface area contributed by atoms with Crippen LogP contribution in [0.25, 0.3) is 0 Å². The van der Waals surface area contributed by atoms with Crippen molar-refractivity contribution in [3.8, 4) is 0 Å². The molecule has 1 aromatic heterocycles. The maximum atomic E-state index is 11.9. The fourth-order valence-electron chi connectivity index (χ4n) is 1.78. The molecule has 1 aliphatic heterocycles. The summed E-state index contributed by atoms with van der Waals surface area (Å²) in [5.41, 5.74) is 0.452. The van der Waals surface area contributed by atoms with Gasteiger partial charge in [-0.3, -0.25) is 4.79 Å².